The molecule has 0 aliphatic carbocycles. The summed E-state index contributed by atoms with van der Waals surface area (Å²) in [4.78, 5) is 14.2. The Bertz CT molecular complexity index is 364. The van der Waals surface area contributed by atoms with E-state index >= 15 is 0 Å². The monoisotopic (exact) mass is 231 g/mol. The minimum atomic E-state index is -1.19. The molecule has 0 fully saturated rings. The highest BCUT2D eigenvalue weighted by atomic mass is 32.2. The summed E-state index contributed by atoms with van der Waals surface area (Å²) >= 11 is 0. The zero-order valence-electron chi connectivity index (χ0n) is 8.42. The maximum absolute atomic E-state index is 11.4. The number of aliphatic carboxylic acids is 1. The Hall–Kier alpha value is -1.24. The zero-order chi connectivity index (χ0) is 11.3. The molecule has 0 spiro atoms. The molecule has 1 rings (SSSR count). The number of aromatic nitrogens is 3. The lowest BCUT2D eigenvalue weighted by molar-refractivity contribution is -0.136. The van der Waals surface area contributed by atoms with Crippen molar-refractivity contribution in [2.75, 3.05) is 5.75 Å². The van der Waals surface area contributed by atoms with Gasteiger partial charge in [-0.25, -0.2) is 9.67 Å². The average molecular weight is 231 g/mol. The molecular weight excluding hydrogens is 218 g/mol. The summed E-state index contributed by atoms with van der Waals surface area (Å²) < 4.78 is 13.1. The first-order chi connectivity index (χ1) is 7.13. The van der Waals surface area contributed by atoms with Gasteiger partial charge in [0.25, 0.3) is 0 Å². The van der Waals surface area contributed by atoms with Crippen molar-refractivity contribution in [3.05, 3.63) is 12.2 Å². The van der Waals surface area contributed by atoms with Crippen molar-refractivity contribution in [3.63, 3.8) is 0 Å². The second-order valence-electron chi connectivity index (χ2n) is 2.92. The fourth-order valence-corrected chi connectivity index (χ4v) is 2.14. The standard InChI is InChI=1S/C8H13N3O3S/c1-2-11-7(9-6-10-11)5-15(14)4-3-8(12)13/h6H,2-5H2,1H3,(H,12,13). The number of carboxylic acid groups (broad SMARTS) is 1. The summed E-state index contributed by atoms with van der Waals surface area (Å²) in [6, 6.07) is 0. The topological polar surface area (TPSA) is 85.1 Å². The van der Waals surface area contributed by atoms with Crippen molar-refractivity contribution in [2.45, 2.75) is 25.6 Å². The number of hydrogen-bond donors (Lipinski definition) is 1. The van der Waals surface area contributed by atoms with Crippen LogP contribution in [-0.4, -0.2) is 35.8 Å². The van der Waals surface area contributed by atoms with Gasteiger partial charge in [-0.05, 0) is 6.92 Å². The van der Waals surface area contributed by atoms with Gasteiger partial charge in [0.05, 0.1) is 12.2 Å². The number of carbonyl (C=O) groups is 1. The summed E-state index contributed by atoms with van der Waals surface area (Å²) in [6.45, 7) is 2.59. The lowest BCUT2D eigenvalue weighted by atomic mass is 10.5. The van der Waals surface area contributed by atoms with Gasteiger partial charge < -0.3 is 5.11 Å². The van der Waals surface area contributed by atoms with E-state index in [-0.39, 0.29) is 17.9 Å². The molecule has 0 saturated carbocycles. The molecule has 0 bridgehead atoms. The number of nitrogens with zero attached hydrogens (tertiary/aromatic N) is 3. The van der Waals surface area contributed by atoms with E-state index in [1.807, 2.05) is 6.92 Å². The molecule has 1 aromatic rings. The third-order valence-corrected chi connectivity index (χ3v) is 3.07. The molecule has 1 aromatic heterocycles. The zero-order valence-corrected chi connectivity index (χ0v) is 9.24. The summed E-state index contributed by atoms with van der Waals surface area (Å²) in [5, 5.41) is 12.4. The highest BCUT2D eigenvalue weighted by Crippen LogP contribution is 2.00. The predicted octanol–water partition coefficient (Wildman–Crippen LogP) is 0.0214. The SMILES string of the molecule is CCn1ncnc1CS(=O)CCC(=O)O. The summed E-state index contributed by atoms with van der Waals surface area (Å²) in [5.41, 5.74) is 0. The summed E-state index contributed by atoms with van der Waals surface area (Å²) in [6.07, 6.45) is 1.33. The van der Waals surface area contributed by atoms with Crippen molar-refractivity contribution in [3.8, 4) is 0 Å². The molecule has 0 aliphatic heterocycles. The normalized spacial score (nSPS) is 12.6. The van der Waals surface area contributed by atoms with Crippen LogP contribution in [0.3, 0.4) is 0 Å². The van der Waals surface area contributed by atoms with Crippen molar-refractivity contribution in [1.29, 1.82) is 0 Å². The molecule has 84 valence electrons. The first-order valence-electron chi connectivity index (χ1n) is 4.57. The molecule has 7 heteroatoms. The molecule has 1 atom stereocenters. The molecular formula is C8H13N3O3S. The van der Waals surface area contributed by atoms with Crippen LogP contribution in [0.1, 0.15) is 19.2 Å². The highest BCUT2D eigenvalue weighted by molar-refractivity contribution is 7.84. The van der Waals surface area contributed by atoms with Crippen molar-refractivity contribution in [2.24, 2.45) is 0 Å². The Kier molecular flexibility index (Phi) is 4.41. The van der Waals surface area contributed by atoms with Crippen molar-refractivity contribution >= 4 is 16.8 Å². The molecule has 0 amide bonds. The van der Waals surface area contributed by atoms with Gasteiger partial charge in [0.15, 0.2) is 0 Å². The maximum Gasteiger partial charge on any atom is 0.304 e. The Labute approximate surface area is 89.8 Å². The molecule has 0 aromatic carbocycles. The fraction of sp³-hybridized carbons (Fsp3) is 0.625. The van der Waals surface area contributed by atoms with Crippen LogP contribution in [0, 0.1) is 0 Å². The first kappa shape index (κ1) is 11.8. The van der Waals surface area contributed by atoms with Crippen LogP contribution in [0.5, 0.6) is 0 Å². The van der Waals surface area contributed by atoms with Crippen LogP contribution in [0.2, 0.25) is 0 Å². The predicted molar refractivity (Wildman–Crippen MR) is 54.7 cm³/mol. The van der Waals surface area contributed by atoms with Crippen LogP contribution >= 0.6 is 0 Å². The van der Waals surface area contributed by atoms with Crippen LogP contribution < -0.4 is 0 Å². The number of hydrogen-bond acceptors (Lipinski definition) is 4. The van der Waals surface area contributed by atoms with Gasteiger partial charge in [-0.3, -0.25) is 9.00 Å². The van der Waals surface area contributed by atoms with Gasteiger partial charge in [-0.2, -0.15) is 5.10 Å². The van der Waals surface area contributed by atoms with Gasteiger partial charge >= 0.3 is 5.97 Å². The molecule has 1 unspecified atom stereocenters. The van der Waals surface area contributed by atoms with E-state index in [0.29, 0.717) is 12.4 Å². The number of carboxylic acids is 1. The average Bonchev–Trinajstić information content (AvgIpc) is 2.62. The molecule has 6 nitrogen and oxygen atoms in total. The Morgan fingerprint density at radius 1 is 1.67 bits per heavy atom. The van der Waals surface area contributed by atoms with Crippen LogP contribution in [0.15, 0.2) is 6.33 Å². The highest BCUT2D eigenvalue weighted by Gasteiger charge is 2.09. The second kappa shape index (κ2) is 5.59. The smallest absolute Gasteiger partial charge is 0.304 e. The lowest BCUT2D eigenvalue weighted by Crippen LogP contribution is -2.11. The quantitative estimate of drug-likeness (QED) is 0.746. The van der Waals surface area contributed by atoms with E-state index in [1.165, 1.54) is 6.33 Å². The van der Waals surface area contributed by atoms with Gasteiger partial charge in [-0.1, -0.05) is 0 Å². The van der Waals surface area contributed by atoms with Crippen LogP contribution in [0.4, 0.5) is 0 Å². The number of aryl methyl sites for hydroxylation is 1. The van der Waals surface area contributed by atoms with Gasteiger partial charge in [0.2, 0.25) is 0 Å². The van der Waals surface area contributed by atoms with Crippen molar-refractivity contribution in [1.82, 2.24) is 14.8 Å². The van der Waals surface area contributed by atoms with Gasteiger partial charge in [-0.15, -0.1) is 0 Å². The molecule has 0 radical (unpaired) electrons. The summed E-state index contributed by atoms with van der Waals surface area (Å²) in [5.74, 6) is 0.133. The Morgan fingerprint density at radius 3 is 3.00 bits per heavy atom. The van der Waals surface area contributed by atoms with Crippen molar-refractivity contribution < 1.29 is 14.1 Å². The molecule has 0 aliphatic rings. The Balaban J connectivity index is 2.47. The van der Waals surface area contributed by atoms with E-state index in [4.69, 9.17) is 5.11 Å². The first-order valence-corrected chi connectivity index (χ1v) is 6.05. The maximum atomic E-state index is 11.4. The fourth-order valence-electron chi connectivity index (χ4n) is 1.08. The van der Waals surface area contributed by atoms with E-state index in [2.05, 4.69) is 10.1 Å². The van der Waals surface area contributed by atoms with Gasteiger partial charge in [0, 0.05) is 23.1 Å². The molecule has 0 saturated heterocycles. The van der Waals surface area contributed by atoms with Gasteiger partial charge in [0.1, 0.15) is 12.2 Å². The minimum absolute atomic E-state index is 0.0765. The largest absolute Gasteiger partial charge is 0.481 e. The van der Waals surface area contributed by atoms with E-state index in [1.54, 1.807) is 4.68 Å². The summed E-state index contributed by atoms with van der Waals surface area (Å²) in [7, 11) is -1.19. The van der Waals surface area contributed by atoms with E-state index in [9.17, 15) is 9.00 Å². The minimum Gasteiger partial charge on any atom is -0.481 e. The van der Waals surface area contributed by atoms with Crippen LogP contribution in [-0.2, 0) is 27.9 Å². The third-order valence-electron chi connectivity index (χ3n) is 1.83. The molecule has 15 heavy (non-hydrogen) atoms. The Morgan fingerprint density at radius 2 is 2.40 bits per heavy atom. The molecule has 1 N–H and O–H groups in total. The molecule has 1 heterocycles. The third kappa shape index (κ3) is 3.78. The van der Waals surface area contributed by atoms with Crippen LogP contribution in [0.25, 0.3) is 0 Å². The lowest BCUT2D eigenvalue weighted by Gasteiger charge is -2.02. The number of rotatable bonds is 6. The van der Waals surface area contributed by atoms with E-state index < -0.39 is 16.8 Å². The second-order valence-corrected chi connectivity index (χ2v) is 4.50. The van der Waals surface area contributed by atoms with E-state index in [0.717, 1.165) is 0 Å².